The van der Waals surface area contributed by atoms with Gasteiger partial charge in [0, 0.05) is 6.54 Å². The largest absolute Gasteiger partial charge is 0.469 e. The molecule has 0 radical (unpaired) electrons. The predicted octanol–water partition coefficient (Wildman–Crippen LogP) is 0.747. The van der Waals surface area contributed by atoms with Gasteiger partial charge in [0.05, 0.1) is 13.5 Å². The van der Waals surface area contributed by atoms with Crippen molar-refractivity contribution in [2.24, 2.45) is 5.41 Å². The molecule has 7 heteroatoms. The van der Waals surface area contributed by atoms with Crippen molar-refractivity contribution < 1.29 is 28.7 Å². The minimum Gasteiger partial charge on any atom is -0.469 e. The van der Waals surface area contributed by atoms with Crippen LogP contribution in [0.25, 0.3) is 0 Å². The lowest BCUT2D eigenvalue weighted by atomic mass is 9.72. The van der Waals surface area contributed by atoms with E-state index in [-0.39, 0.29) is 12.8 Å². The molecular formula is C15H23NO6. The summed E-state index contributed by atoms with van der Waals surface area (Å²) in [4.78, 5) is 48.1. The van der Waals surface area contributed by atoms with Crippen LogP contribution in [-0.2, 0) is 28.7 Å². The lowest BCUT2D eigenvalue weighted by molar-refractivity contribution is -0.165. The van der Waals surface area contributed by atoms with Crippen LogP contribution in [0.3, 0.4) is 0 Å². The molecule has 1 saturated heterocycles. The van der Waals surface area contributed by atoms with Gasteiger partial charge in [0.25, 0.3) is 0 Å². The Balaban J connectivity index is 2.97. The van der Waals surface area contributed by atoms with Gasteiger partial charge < -0.3 is 14.8 Å². The SMILES string of the molecule is COC(=O)CC(=O)[C@]1(CC(=O)OC(C)(C)C)CCCNC1=O. The summed E-state index contributed by atoms with van der Waals surface area (Å²) < 4.78 is 9.68. The third-order valence-electron chi connectivity index (χ3n) is 3.43. The number of carbonyl (C=O) groups excluding carboxylic acids is 4. The van der Waals surface area contributed by atoms with E-state index in [4.69, 9.17) is 4.74 Å². The fourth-order valence-electron chi connectivity index (χ4n) is 2.40. The Hall–Kier alpha value is -1.92. The van der Waals surface area contributed by atoms with Gasteiger partial charge in [-0.05, 0) is 33.6 Å². The monoisotopic (exact) mass is 313 g/mol. The third kappa shape index (κ3) is 4.54. The molecule has 0 aromatic carbocycles. The molecule has 22 heavy (non-hydrogen) atoms. The van der Waals surface area contributed by atoms with E-state index in [0.29, 0.717) is 13.0 Å². The molecule has 0 aliphatic carbocycles. The van der Waals surface area contributed by atoms with Gasteiger partial charge in [-0.1, -0.05) is 0 Å². The summed E-state index contributed by atoms with van der Waals surface area (Å²) in [7, 11) is 1.16. The molecule has 1 fully saturated rings. The summed E-state index contributed by atoms with van der Waals surface area (Å²) in [6.45, 7) is 5.55. The fourth-order valence-corrected chi connectivity index (χ4v) is 2.40. The number of Topliss-reactive ketones (excluding diaryl/α,β-unsaturated/α-hetero) is 1. The zero-order valence-electron chi connectivity index (χ0n) is 13.5. The number of nitrogens with one attached hydrogen (secondary N) is 1. The maximum atomic E-state index is 12.4. The van der Waals surface area contributed by atoms with Crippen LogP contribution in [0.5, 0.6) is 0 Å². The van der Waals surface area contributed by atoms with Gasteiger partial charge in [-0.3, -0.25) is 19.2 Å². The van der Waals surface area contributed by atoms with Crippen molar-refractivity contribution in [3.8, 4) is 0 Å². The molecule has 1 N–H and O–H groups in total. The van der Waals surface area contributed by atoms with E-state index in [9.17, 15) is 19.2 Å². The number of carbonyl (C=O) groups is 4. The third-order valence-corrected chi connectivity index (χ3v) is 3.43. The van der Waals surface area contributed by atoms with Gasteiger partial charge >= 0.3 is 11.9 Å². The summed E-state index contributed by atoms with van der Waals surface area (Å²) >= 11 is 0. The Bertz CT molecular complexity index is 479. The van der Waals surface area contributed by atoms with E-state index in [1.54, 1.807) is 20.8 Å². The second kappa shape index (κ2) is 6.89. The van der Waals surface area contributed by atoms with Crippen LogP contribution in [0.1, 0.15) is 46.5 Å². The molecule has 124 valence electrons. The molecule has 0 aromatic rings. The summed E-state index contributed by atoms with van der Waals surface area (Å²) in [6, 6.07) is 0. The number of rotatable bonds is 5. The topological polar surface area (TPSA) is 98.8 Å². The zero-order valence-corrected chi connectivity index (χ0v) is 13.5. The zero-order chi connectivity index (χ0) is 17.0. The number of piperidine rings is 1. The van der Waals surface area contributed by atoms with Crippen molar-refractivity contribution in [3.05, 3.63) is 0 Å². The first-order chi connectivity index (χ1) is 10.1. The van der Waals surface area contributed by atoms with Crippen molar-refractivity contribution in [3.63, 3.8) is 0 Å². The van der Waals surface area contributed by atoms with Gasteiger partial charge in [-0.15, -0.1) is 0 Å². The normalized spacial score (nSPS) is 21.7. The second-order valence-corrected chi connectivity index (χ2v) is 6.38. The Kier molecular flexibility index (Phi) is 5.68. The van der Waals surface area contributed by atoms with Crippen LogP contribution in [0.15, 0.2) is 0 Å². The van der Waals surface area contributed by atoms with Gasteiger partial charge in [0.1, 0.15) is 17.4 Å². The van der Waals surface area contributed by atoms with Gasteiger partial charge in [0.15, 0.2) is 5.78 Å². The lowest BCUT2D eigenvalue weighted by Crippen LogP contribution is -2.52. The highest BCUT2D eigenvalue weighted by atomic mass is 16.6. The maximum Gasteiger partial charge on any atom is 0.313 e. The number of ether oxygens (including phenoxy) is 2. The number of hydrogen-bond donors (Lipinski definition) is 1. The molecule has 1 heterocycles. The van der Waals surface area contributed by atoms with E-state index < -0.39 is 41.1 Å². The molecule has 0 saturated carbocycles. The number of hydrogen-bond acceptors (Lipinski definition) is 6. The number of ketones is 1. The van der Waals surface area contributed by atoms with Crippen molar-refractivity contribution in [1.82, 2.24) is 5.32 Å². The van der Waals surface area contributed by atoms with Crippen molar-refractivity contribution in [2.75, 3.05) is 13.7 Å². The smallest absolute Gasteiger partial charge is 0.313 e. The highest BCUT2D eigenvalue weighted by Gasteiger charge is 2.49. The van der Waals surface area contributed by atoms with Crippen molar-refractivity contribution >= 4 is 23.6 Å². The van der Waals surface area contributed by atoms with Crippen LogP contribution >= 0.6 is 0 Å². The van der Waals surface area contributed by atoms with Crippen LogP contribution in [0.4, 0.5) is 0 Å². The minimum atomic E-state index is -1.55. The Morgan fingerprint density at radius 2 is 1.86 bits per heavy atom. The molecule has 1 aliphatic heterocycles. The van der Waals surface area contributed by atoms with E-state index in [0.717, 1.165) is 7.11 Å². The van der Waals surface area contributed by atoms with E-state index in [2.05, 4.69) is 10.1 Å². The van der Waals surface area contributed by atoms with E-state index in [1.807, 2.05) is 0 Å². The van der Waals surface area contributed by atoms with Gasteiger partial charge in [0.2, 0.25) is 5.91 Å². The minimum absolute atomic E-state index is 0.216. The standard InChI is InChI=1S/C15H23NO6/c1-14(2,3)22-12(19)9-15(6-5-7-16-13(15)20)10(17)8-11(18)21-4/h5-9H2,1-4H3,(H,16,20)/t15-/m1/s1. The van der Waals surface area contributed by atoms with Crippen LogP contribution in [0, 0.1) is 5.41 Å². The summed E-state index contributed by atoms with van der Waals surface area (Å²) in [6.07, 6.45) is -0.131. The number of esters is 2. The second-order valence-electron chi connectivity index (χ2n) is 6.38. The molecule has 0 aromatic heterocycles. The van der Waals surface area contributed by atoms with Crippen molar-refractivity contribution in [1.29, 1.82) is 0 Å². The average molecular weight is 313 g/mol. The van der Waals surface area contributed by atoms with E-state index in [1.165, 1.54) is 0 Å². The van der Waals surface area contributed by atoms with Crippen LogP contribution in [-0.4, -0.2) is 42.9 Å². The molecule has 0 bridgehead atoms. The lowest BCUT2D eigenvalue weighted by Gasteiger charge is -2.34. The van der Waals surface area contributed by atoms with Crippen LogP contribution < -0.4 is 5.32 Å². The Morgan fingerprint density at radius 3 is 2.36 bits per heavy atom. The fraction of sp³-hybridized carbons (Fsp3) is 0.733. The first-order valence-corrected chi connectivity index (χ1v) is 7.21. The Labute approximate surface area is 129 Å². The first-order valence-electron chi connectivity index (χ1n) is 7.21. The highest BCUT2D eigenvalue weighted by molar-refractivity contribution is 6.13. The number of methoxy groups -OCH3 is 1. The molecule has 7 nitrogen and oxygen atoms in total. The van der Waals surface area contributed by atoms with Crippen molar-refractivity contribution in [2.45, 2.75) is 52.1 Å². The first kappa shape index (κ1) is 18.1. The summed E-state index contributed by atoms with van der Waals surface area (Å²) in [5.74, 6) is -2.50. The van der Waals surface area contributed by atoms with Gasteiger partial charge in [-0.25, -0.2) is 0 Å². The maximum absolute atomic E-state index is 12.4. The number of amides is 1. The average Bonchev–Trinajstić information content (AvgIpc) is 2.39. The highest BCUT2D eigenvalue weighted by Crippen LogP contribution is 2.34. The van der Waals surface area contributed by atoms with E-state index >= 15 is 0 Å². The molecule has 0 spiro atoms. The van der Waals surface area contributed by atoms with Crippen LogP contribution in [0.2, 0.25) is 0 Å². The quantitative estimate of drug-likeness (QED) is 0.594. The molecule has 1 atom stereocenters. The molecular weight excluding hydrogens is 290 g/mol. The predicted molar refractivity (Wildman–Crippen MR) is 76.8 cm³/mol. The molecule has 1 rings (SSSR count). The van der Waals surface area contributed by atoms with Gasteiger partial charge in [-0.2, -0.15) is 0 Å². The summed E-state index contributed by atoms with van der Waals surface area (Å²) in [5.41, 5.74) is -2.26. The molecule has 1 amide bonds. The summed E-state index contributed by atoms with van der Waals surface area (Å²) in [5, 5.41) is 2.59. The Morgan fingerprint density at radius 1 is 1.23 bits per heavy atom. The molecule has 1 aliphatic rings. The molecule has 0 unspecified atom stereocenters.